The van der Waals surface area contributed by atoms with Crippen LogP contribution in [-0.4, -0.2) is 53.1 Å². The zero-order valence-corrected chi connectivity index (χ0v) is 17.0. The fraction of sp³-hybridized carbons (Fsp3) is 0.318. The first-order valence-electron chi connectivity index (χ1n) is 9.74. The van der Waals surface area contributed by atoms with Gasteiger partial charge in [0, 0.05) is 18.7 Å². The van der Waals surface area contributed by atoms with Gasteiger partial charge in [0.05, 0.1) is 23.7 Å². The molecule has 1 N–H and O–H groups in total. The van der Waals surface area contributed by atoms with Crippen LogP contribution < -0.4 is 5.32 Å². The van der Waals surface area contributed by atoms with E-state index in [4.69, 9.17) is 0 Å². The van der Waals surface area contributed by atoms with E-state index < -0.39 is 5.97 Å². The van der Waals surface area contributed by atoms with Crippen LogP contribution in [0.1, 0.15) is 34.6 Å². The number of imidazole rings is 1. The highest BCUT2D eigenvalue weighted by Crippen LogP contribution is 2.20. The first-order valence-corrected chi connectivity index (χ1v) is 9.74. The number of para-hydroxylation sites is 2. The minimum absolute atomic E-state index is 0.277. The van der Waals surface area contributed by atoms with E-state index in [1.165, 1.54) is 7.11 Å². The number of rotatable bonds is 8. The van der Waals surface area contributed by atoms with Crippen LogP contribution in [0.2, 0.25) is 0 Å². The summed E-state index contributed by atoms with van der Waals surface area (Å²) in [5.41, 5.74) is 2.66. The molecule has 0 radical (unpaired) electrons. The number of likely N-dealkylation sites (N-methyl/N-ethyl adjacent to an activating group) is 1. The van der Waals surface area contributed by atoms with Gasteiger partial charge in [0.2, 0.25) is 5.95 Å². The monoisotopic (exact) mass is 394 g/mol. The molecule has 0 atom stereocenters. The number of carbonyl (C=O) groups is 2. The molecule has 0 saturated carbocycles. The van der Waals surface area contributed by atoms with Gasteiger partial charge in [-0.3, -0.25) is 10.1 Å². The second-order valence-corrected chi connectivity index (χ2v) is 6.63. The molecule has 0 fully saturated rings. The van der Waals surface area contributed by atoms with Crippen molar-refractivity contribution < 1.29 is 14.3 Å². The molecular formula is C22H26N4O3. The van der Waals surface area contributed by atoms with Gasteiger partial charge in [-0.15, -0.1) is 0 Å². The lowest BCUT2D eigenvalue weighted by atomic mass is 10.1. The molecule has 0 aliphatic rings. The number of nitrogens with one attached hydrogen (secondary N) is 1. The lowest BCUT2D eigenvalue weighted by Gasteiger charge is -2.19. The van der Waals surface area contributed by atoms with Crippen molar-refractivity contribution in [3.05, 3.63) is 59.7 Å². The minimum atomic E-state index is -0.435. The van der Waals surface area contributed by atoms with Gasteiger partial charge in [-0.25, -0.2) is 9.78 Å². The Hall–Kier alpha value is -3.19. The lowest BCUT2D eigenvalue weighted by molar-refractivity contribution is 0.0600. The van der Waals surface area contributed by atoms with Crippen molar-refractivity contribution in [2.24, 2.45) is 0 Å². The van der Waals surface area contributed by atoms with Crippen LogP contribution >= 0.6 is 0 Å². The second kappa shape index (κ2) is 9.34. The molecule has 2 aromatic carbocycles. The van der Waals surface area contributed by atoms with E-state index in [1.54, 1.807) is 24.3 Å². The number of anilines is 1. The first kappa shape index (κ1) is 20.5. The van der Waals surface area contributed by atoms with Crippen molar-refractivity contribution >= 4 is 28.9 Å². The number of fused-ring (bicyclic) bond motifs is 1. The number of hydrogen-bond acceptors (Lipinski definition) is 5. The Morgan fingerprint density at radius 3 is 2.34 bits per heavy atom. The van der Waals surface area contributed by atoms with E-state index in [0.717, 1.165) is 37.2 Å². The highest BCUT2D eigenvalue weighted by molar-refractivity contribution is 6.04. The molecule has 29 heavy (non-hydrogen) atoms. The third-order valence-electron chi connectivity index (χ3n) is 4.98. The van der Waals surface area contributed by atoms with Crippen molar-refractivity contribution in [3.63, 3.8) is 0 Å². The SMILES string of the molecule is CCN(CC)CCn1c(NC(=O)c2ccc(C(=O)OC)cc2)nc2ccccc21. The molecule has 0 unspecified atom stereocenters. The molecule has 3 rings (SSSR count). The normalized spacial score (nSPS) is 11.0. The smallest absolute Gasteiger partial charge is 0.337 e. The van der Waals surface area contributed by atoms with Gasteiger partial charge in [-0.1, -0.05) is 26.0 Å². The van der Waals surface area contributed by atoms with Crippen molar-refractivity contribution in [2.45, 2.75) is 20.4 Å². The summed E-state index contributed by atoms with van der Waals surface area (Å²) in [7, 11) is 1.33. The number of amides is 1. The summed E-state index contributed by atoms with van der Waals surface area (Å²) in [5.74, 6) is -0.198. The maximum absolute atomic E-state index is 12.8. The summed E-state index contributed by atoms with van der Waals surface area (Å²) in [6.45, 7) is 7.80. The predicted molar refractivity (Wildman–Crippen MR) is 113 cm³/mol. The molecule has 0 saturated heterocycles. The summed E-state index contributed by atoms with van der Waals surface area (Å²) >= 11 is 0. The molecule has 0 spiro atoms. The van der Waals surface area contributed by atoms with Crippen LogP contribution in [0.3, 0.4) is 0 Å². The molecule has 7 nitrogen and oxygen atoms in total. The van der Waals surface area contributed by atoms with Crippen molar-refractivity contribution in [1.82, 2.24) is 14.5 Å². The van der Waals surface area contributed by atoms with Crippen molar-refractivity contribution in [2.75, 3.05) is 32.1 Å². The first-order chi connectivity index (χ1) is 14.1. The Morgan fingerprint density at radius 1 is 1.03 bits per heavy atom. The Balaban J connectivity index is 1.84. The maximum Gasteiger partial charge on any atom is 0.337 e. The molecule has 152 valence electrons. The Bertz CT molecular complexity index is 991. The number of aromatic nitrogens is 2. The summed E-state index contributed by atoms with van der Waals surface area (Å²) in [5, 5.41) is 2.92. The van der Waals surface area contributed by atoms with Crippen LogP contribution in [0, 0.1) is 0 Å². The van der Waals surface area contributed by atoms with E-state index in [9.17, 15) is 9.59 Å². The highest BCUT2D eigenvalue weighted by atomic mass is 16.5. The average Bonchev–Trinajstić information content (AvgIpc) is 3.11. The standard InChI is InChI=1S/C22H26N4O3/c1-4-25(5-2)14-15-26-19-9-7-6-8-18(19)23-22(26)24-20(27)16-10-12-17(13-11-16)21(28)29-3/h6-13H,4-5,14-15H2,1-3H3,(H,23,24,27). The van der Waals surface area contributed by atoms with Gasteiger partial charge in [-0.2, -0.15) is 0 Å². The predicted octanol–water partition coefficient (Wildman–Crippen LogP) is 3.42. The quantitative estimate of drug-likeness (QED) is 0.593. The summed E-state index contributed by atoms with van der Waals surface area (Å²) < 4.78 is 6.73. The minimum Gasteiger partial charge on any atom is -0.465 e. The van der Waals surface area contributed by atoms with Gasteiger partial charge in [0.25, 0.3) is 5.91 Å². The van der Waals surface area contributed by atoms with Gasteiger partial charge in [0.1, 0.15) is 0 Å². The van der Waals surface area contributed by atoms with Gasteiger partial charge in [-0.05, 0) is 49.5 Å². The van der Waals surface area contributed by atoms with Crippen LogP contribution in [0.4, 0.5) is 5.95 Å². The van der Waals surface area contributed by atoms with Gasteiger partial charge >= 0.3 is 5.97 Å². The Kier molecular flexibility index (Phi) is 6.61. The molecular weight excluding hydrogens is 368 g/mol. The molecule has 1 amide bonds. The van der Waals surface area contributed by atoms with E-state index in [2.05, 4.69) is 33.8 Å². The van der Waals surface area contributed by atoms with Crippen LogP contribution in [-0.2, 0) is 11.3 Å². The number of hydrogen-bond donors (Lipinski definition) is 1. The fourth-order valence-electron chi connectivity index (χ4n) is 3.23. The van der Waals surface area contributed by atoms with E-state index in [0.29, 0.717) is 17.1 Å². The molecule has 1 heterocycles. The number of benzene rings is 2. The third-order valence-corrected chi connectivity index (χ3v) is 4.98. The van der Waals surface area contributed by atoms with Crippen LogP contribution in [0.5, 0.6) is 0 Å². The van der Waals surface area contributed by atoms with Crippen molar-refractivity contribution in [3.8, 4) is 0 Å². The molecule has 3 aromatic rings. The summed E-state index contributed by atoms with van der Waals surface area (Å²) in [4.78, 5) is 31.2. The number of carbonyl (C=O) groups excluding carboxylic acids is 2. The molecule has 0 bridgehead atoms. The fourth-order valence-corrected chi connectivity index (χ4v) is 3.23. The molecule has 0 aliphatic heterocycles. The third kappa shape index (κ3) is 4.63. The molecule has 1 aromatic heterocycles. The summed E-state index contributed by atoms with van der Waals surface area (Å²) in [6.07, 6.45) is 0. The highest BCUT2D eigenvalue weighted by Gasteiger charge is 2.15. The van der Waals surface area contributed by atoms with E-state index >= 15 is 0 Å². The number of methoxy groups -OCH3 is 1. The van der Waals surface area contributed by atoms with Crippen molar-refractivity contribution in [1.29, 1.82) is 0 Å². The summed E-state index contributed by atoms with van der Waals surface area (Å²) in [6, 6.07) is 14.2. The van der Waals surface area contributed by atoms with Crippen LogP contribution in [0.15, 0.2) is 48.5 Å². The second-order valence-electron chi connectivity index (χ2n) is 6.63. The Labute approximate surface area is 170 Å². The number of esters is 1. The number of ether oxygens (including phenoxy) is 1. The zero-order chi connectivity index (χ0) is 20.8. The van der Waals surface area contributed by atoms with E-state index in [1.807, 2.05) is 28.8 Å². The van der Waals surface area contributed by atoms with Crippen LogP contribution in [0.25, 0.3) is 11.0 Å². The zero-order valence-electron chi connectivity index (χ0n) is 17.0. The topological polar surface area (TPSA) is 76.5 Å². The average molecular weight is 394 g/mol. The van der Waals surface area contributed by atoms with E-state index in [-0.39, 0.29) is 5.91 Å². The number of nitrogens with zero attached hydrogens (tertiary/aromatic N) is 3. The van der Waals surface area contributed by atoms with Gasteiger partial charge < -0.3 is 14.2 Å². The lowest BCUT2D eigenvalue weighted by Crippen LogP contribution is -2.27. The molecule has 0 aliphatic carbocycles. The largest absolute Gasteiger partial charge is 0.465 e. The molecule has 7 heteroatoms. The Morgan fingerprint density at radius 2 is 1.69 bits per heavy atom. The maximum atomic E-state index is 12.8. The van der Waals surface area contributed by atoms with Gasteiger partial charge in [0.15, 0.2) is 0 Å².